The van der Waals surface area contributed by atoms with E-state index in [1.54, 1.807) is 6.92 Å². The molecule has 0 N–H and O–H groups in total. The number of halogens is 3. The second-order valence-corrected chi connectivity index (χ2v) is 3.09. The van der Waals surface area contributed by atoms with Crippen molar-refractivity contribution in [2.75, 3.05) is 6.61 Å². The molecule has 0 aromatic rings. The normalized spacial score (nSPS) is 27.1. The molecule has 1 heterocycles. The maximum absolute atomic E-state index is 11.9. The summed E-state index contributed by atoms with van der Waals surface area (Å²) in [4.78, 5) is 0. The first-order valence-corrected chi connectivity index (χ1v) is 3.99. The third-order valence-electron chi connectivity index (χ3n) is 1.80. The Morgan fingerprint density at radius 2 is 2.08 bits per heavy atom. The summed E-state index contributed by atoms with van der Waals surface area (Å²) in [6, 6.07) is 0. The van der Waals surface area contributed by atoms with E-state index < -0.39 is 6.98 Å². The van der Waals surface area contributed by atoms with Gasteiger partial charge in [-0.05, 0) is 19.8 Å². The van der Waals surface area contributed by atoms with Crippen molar-refractivity contribution in [3.63, 3.8) is 0 Å². The Kier molecular flexibility index (Phi) is 6.47. The molecule has 0 amide bonds. The molecular formula is C7H11BF3KO. The van der Waals surface area contributed by atoms with Crippen LogP contribution in [-0.4, -0.2) is 19.7 Å². The molecular weight excluding hydrogens is 207 g/mol. The zero-order valence-electron chi connectivity index (χ0n) is 7.90. The standard InChI is InChI=1S/C7H11BF3O.K/c1-6-4-7(2-3-12-6)5-8(9,10)11;/h5-6H,2-4H2,1H3;/q-1;+1/b7-5-;. The first-order chi connectivity index (χ1) is 5.47. The summed E-state index contributed by atoms with van der Waals surface area (Å²) in [6.07, 6.45) is 0.774. The van der Waals surface area contributed by atoms with Crippen LogP contribution >= 0.6 is 0 Å². The molecule has 1 unspecified atom stereocenters. The van der Waals surface area contributed by atoms with Crippen molar-refractivity contribution in [1.29, 1.82) is 0 Å². The van der Waals surface area contributed by atoms with Crippen LogP contribution < -0.4 is 51.4 Å². The number of hydrogen-bond donors (Lipinski definition) is 0. The van der Waals surface area contributed by atoms with Crippen LogP contribution in [-0.2, 0) is 4.74 Å². The van der Waals surface area contributed by atoms with Crippen LogP contribution in [0.15, 0.2) is 11.5 Å². The summed E-state index contributed by atoms with van der Waals surface area (Å²) >= 11 is 0. The van der Waals surface area contributed by atoms with E-state index in [0.29, 0.717) is 31.0 Å². The van der Waals surface area contributed by atoms with Crippen molar-refractivity contribution in [2.45, 2.75) is 25.9 Å². The van der Waals surface area contributed by atoms with E-state index in [9.17, 15) is 12.9 Å². The van der Waals surface area contributed by atoms with Crippen molar-refractivity contribution in [3.05, 3.63) is 11.5 Å². The van der Waals surface area contributed by atoms with Gasteiger partial charge in [-0.3, -0.25) is 0 Å². The predicted molar refractivity (Wildman–Crippen MR) is 41.8 cm³/mol. The Bertz CT molecular complexity index is 193. The van der Waals surface area contributed by atoms with Crippen LogP contribution in [0, 0.1) is 0 Å². The smallest absolute Gasteiger partial charge is 0.445 e. The average Bonchev–Trinajstić information content (AvgIpc) is 1.82. The maximum Gasteiger partial charge on any atom is 1.00 e. The van der Waals surface area contributed by atoms with Gasteiger partial charge in [-0.2, -0.15) is 0 Å². The van der Waals surface area contributed by atoms with Gasteiger partial charge in [0.2, 0.25) is 0 Å². The van der Waals surface area contributed by atoms with Gasteiger partial charge < -0.3 is 17.7 Å². The van der Waals surface area contributed by atoms with Gasteiger partial charge in [0, 0.05) is 0 Å². The maximum atomic E-state index is 11.9. The second kappa shape index (κ2) is 5.92. The van der Waals surface area contributed by atoms with Crippen LogP contribution in [0.5, 0.6) is 0 Å². The third kappa shape index (κ3) is 6.30. The largest absolute Gasteiger partial charge is 1.00 e. The minimum Gasteiger partial charge on any atom is -0.445 e. The Morgan fingerprint density at radius 3 is 2.54 bits per heavy atom. The Balaban J connectivity index is 0.00000144. The summed E-state index contributed by atoms with van der Waals surface area (Å²) in [5.41, 5.74) is 0.473. The van der Waals surface area contributed by atoms with E-state index in [1.165, 1.54) is 0 Å². The Labute approximate surface area is 119 Å². The van der Waals surface area contributed by atoms with Crippen molar-refractivity contribution in [1.82, 2.24) is 0 Å². The molecule has 0 aromatic carbocycles. The second-order valence-electron chi connectivity index (χ2n) is 3.09. The summed E-state index contributed by atoms with van der Waals surface area (Å²) in [5, 5.41) is 0. The molecule has 1 aliphatic heterocycles. The molecule has 1 rings (SSSR count). The molecule has 6 heteroatoms. The SMILES string of the molecule is CC1C/C(=C\[B-](F)(F)F)CCO1.[K+]. The van der Waals surface area contributed by atoms with Gasteiger partial charge in [0.25, 0.3) is 0 Å². The Hall–Kier alpha value is 1.19. The average molecular weight is 218 g/mol. The van der Waals surface area contributed by atoms with E-state index in [4.69, 9.17) is 4.74 Å². The Morgan fingerprint density at radius 1 is 1.46 bits per heavy atom. The fourth-order valence-corrected chi connectivity index (χ4v) is 1.34. The van der Waals surface area contributed by atoms with E-state index in [-0.39, 0.29) is 57.5 Å². The van der Waals surface area contributed by atoms with Crippen LogP contribution in [0.25, 0.3) is 0 Å². The molecule has 1 atom stereocenters. The predicted octanol–water partition coefficient (Wildman–Crippen LogP) is -0.498. The van der Waals surface area contributed by atoms with Gasteiger partial charge in [0.1, 0.15) is 0 Å². The van der Waals surface area contributed by atoms with Gasteiger partial charge in [-0.15, -0.1) is 5.98 Å². The fourth-order valence-electron chi connectivity index (χ4n) is 1.34. The van der Waals surface area contributed by atoms with E-state index in [1.807, 2.05) is 0 Å². The summed E-state index contributed by atoms with van der Waals surface area (Å²) < 4.78 is 40.9. The van der Waals surface area contributed by atoms with Crippen LogP contribution in [0.1, 0.15) is 19.8 Å². The van der Waals surface area contributed by atoms with E-state index in [2.05, 4.69) is 0 Å². The molecule has 0 spiro atoms. The van der Waals surface area contributed by atoms with Gasteiger partial charge in [0.15, 0.2) is 0 Å². The van der Waals surface area contributed by atoms with Crippen molar-refractivity contribution in [3.8, 4) is 0 Å². The van der Waals surface area contributed by atoms with E-state index >= 15 is 0 Å². The topological polar surface area (TPSA) is 9.23 Å². The number of hydrogen-bond acceptors (Lipinski definition) is 1. The molecule has 13 heavy (non-hydrogen) atoms. The molecule has 1 aliphatic rings. The minimum absolute atomic E-state index is 0. The molecule has 0 bridgehead atoms. The van der Waals surface area contributed by atoms with E-state index in [0.717, 1.165) is 0 Å². The fraction of sp³-hybridized carbons (Fsp3) is 0.714. The van der Waals surface area contributed by atoms with Crippen molar-refractivity contribution < 1.29 is 69.1 Å². The first-order valence-electron chi connectivity index (χ1n) is 3.99. The quantitative estimate of drug-likeness (QED) is 0.539. The van der Waals surface area contributed by atoms with Crippen LogP contribution in [0.3, 0.4) is 0 Å². The van der Waals surface area contributed by atoms with Crippen LogP contribution in [0.2, 0.25) is 0 Å². The first kappa shape index (κ1) is 14.2. The third-order valence-corrected chi connectivity index (χ3v) is 1.80. The zero-order chi connectivity index (χ0) is 9.19. The molecule has 70 valence electrons. The van der Waals surface area contributed by atoms with Crippen molar-refractivity contribution in [2.24, 2.45) is 0 Å². The minimum atomic E-state index is -4.77. The van der Waals surface area contributed by atoms with Gasteiger partial charge in [-0.25, -0.2) is 0 Å². The van der Waals surface area contributed by atoms with Gasteiger partial charge >= 0.3 is 58.4 Å². The molecule has 0 aliphatic carbocycles. The number of ether oxygens (including phenoxy) is 1. The zero-order valence-corrected chi connectivity index (χ0v) is 11.0. The molecule has 1 saturated heterocycles. The summed E-state index contributed by atoms with van der Waals surface area (Å²) in [5.74, 6) is 0.457. The number of rotatable bonds is 1. The van der Waals surface area contributed by atoms with Gasteiger partial charge in [0.05, 0.1) is 12.7 Å². The summed E-state index contributed by atoms with van der Waals surface area (Å²) in [7, 11) is 0. The summed E-state index contributed by atoms with van der Waals surface area (Å²) in [6.45, 7) is -2.56. The van der Waals surface area contributed by atoms with Gasteiger partial charge in [-0.1, -0.05) is 5.57 Å². The molecule has 0 radical (unpaired) electrons. The molecule has 1 nitrogen and oxygen atoms in total. The van der Waals surface area contributed by atoms with Crippen molar-refractivity contribution >= 4 is 6.98 Å². The molecule has 0 aromatic heterocycles. The monoisotopic (exact) mass is 218 g/mol. The van der Waals surface area contributed by atoms with Crippen LogP contribution in [0.4, 0.5) is 12.9 Å². The molecule has 1 fully saturated rings. The molecule has 0 saturated carbocycles.